The Morgan fingerprint density at radius 3 is 2.68 bits per heavy atom. The first-order valence-corrected chi connectivity index (χ1v) is 5.50. The van der Waals surface area contributed by atoms with Crippen molar-refractivity contribution in [3.05, 3.63) is 53.6 Å². The molecule has 0 saturated carbocycles. The monoisotopic (exact) mass is 253 g/mol. The average molecular weight is 253 g/mol. The lowest BCUT2D eigenvalue weighted by Crippen LogP contribution is -2.00. The number of carbonyl (C=O) groups is 1. The number of nitrogens with two attached hydrogens (primary N) is 1. The van der Waals surface area contributed by atoms with Crippen LogP contribution >= 0.6 is 0 Å². The third-order valence-corrected chi connectivity index (χ3v) is 2.57. The van der Waals surface area contributed by atoms with Gasteiger partial charge in [0.1, 0.15) is 0 Å². The number of nitriles is 1. The topological polar surface area (TPSA) is 99.1 Å². The smallest absolute Gasteiger partial charge is 0.335 e. The molecule has 0 aliphatic carbocycles. The standard InChI is InChI=1S/C14H11N3O2/c15-8-9-4-5-13(12(16)6-9)17-11-3-1-2-10(7-11)14(18)19/h1-7,17H,16H2,(H,18,19). The highest BCUT2D eigenvalue weighted by Gasteiger charge is 2.05. The van der Waals surface area contributed by atoms with E-state index >= 15 is 0 Å². The summed E-state index contributed by atoms with van der Waals surface area (Å²) >= 11 is 0. The number of nitrogens with zero attached hydrogens (tertiary/aromatic N) is 1. The van der Waals surface area contributed by atoms with Crippen LogP contribution in [0.25, 0.3) is 0 Å². The van der Waals surface area contributed by atoms with Crippen molar-refractivity contribution in [1.29, 1.82) is 5.26 Å². The van der Waals surface area contributed by atoms with Gasteiger partial charge in [-0.05, 0) is 36.4 Å². The molecule has 0 atom stereocenters. The van der Waals surface area contributed by atoms with E-state index in [0.29, 0.717) is 22.6 Å². The van der Waals surface area contributed by atoms with Crippen molar-refractivity contribution in [3.63, 3.8) is 0 Å². The van der Waals surface area contributed by atoms with Gasteiger partial charge in [-0.2, -0.15) is 5.26 Å². The summed E-state index contributed by atoms with van der Waals surface area (Å²) in [5, 5.41) is 20.7. The van der Waals surface area contributed by atoms with Gasteiger partial charge in [0.15, 0.2) is 0 Å². The first-order valence-electron chi connectivity index (χ1n) is 5.50. The molecule has 0 fully saturated rings. The third-order valence-electron chi connectivity index (χ3n) is 2.57. The summed E-state index contributed by atoms with van der Waals surface area (Å²) < 4.78 is 0. The van der Waals surface area contributed by atoms with Crippen LogP contribution in [-0.4, -0.2) is 11.1 Å². The van der Waals surface area contributed by atoms with Gasteiger partial charge in [0.05, 0.1) is 28.6 Å². The van der Waals surface area contributed by atoms with E-state index in [1.54, 1.807) is 30.3 Å². The fraction of sp³-hybridized carbons (Fsp3) is 0. The lowest BCUT2D eigenvalue weighted by atomic mass is 10.1. The maximum atomic E-state index is 10.9. The number of carboxylic acids is 1. The summed E-state index contributed by atoms with van der Waals surface area (Å²) in [4.78, 5) is 10.9. The summed E-state index contributed by atoms with van der Waals surface area (Å²) in [6.45, 7) is 0. The first-order chi connectivity index (χ1) is 9.10. The van der Waals surface area contributed by atoms with Crippen molar-refractivity contribution in [3.8, 4) is 6.07 Å². The van der Waals surface area contributed by atoms with Crippen LogP contribution in [0.2, 0.25) is 0 Å². The van der Waals surface area contributed by atoms with Crippen LogP contribution < -0.4 is 11.1 Å². The molecule has 0 unspecified atom stereocenters. The van der Waals surface area contributed by atoms with E-state index in [0.717, 1.165) is 0 Å². The van der Waals surface area contributed by atoms with Gasteiger partial charge in [0, 0.05) is 5.69 Å². The van der Waals surface area contributed by atoms with Gasteiger partial charge in [-0.25, -0.2) is 4.79 Å². The second kappa shape index (κ2) is 5.10. The van der Waals surface area contributed by atoms with Gasteiger partial charge in [-0.15, -0.1) is 0 Å². The molecule has 0 heterocycles. The van der Waals surface area contributed by atoms with Crippen LogP contribution in [0.4, 0.5) is 17.1 Å². The zero-order chi connectivity index (χ0) is 13.8. The lowest BCUT2D eigenvalue weighted by molar-refractivity contribution is 0.0697. The van der Waals surface area contributed by atoms with Gasteiger partial charge in [0.25, 0.3) is 0 Å². The molecule has 0 saturated heterocycles. The number of hydrogen-bond acceptors (Lipinski definition) is 4. The number of nitrogen functional groups attached to an aromatic ring is 1. The summed E-state index contributed by atoms with van der Waals surface area (Å²) in [5.74, 6) is -0.989. The van der Waals surface area contributed by atoms with Gasteiger partial charge in [-0.3, -0.25) is 0 Å². The molecule has 0 amide bonds. The number of nitrogens with one attached hydrogen (secondary N) is 1. The van der Waals surface area contributed by atoms with Crippen LogP contribution in [0.3, 0.4) is 0 Å². The third kappa shape index (κ3) is 2.82. The van der Waals surface area contributed by atoms with Crippen LogP contribution in [0.1, 0.15) is 15.9 Å². The minimum Gasteiger partial charge on any atom is -0.478 e. The molecule has 0 aliphatic rings. The Bertz CT molecular complexity index is 675. The van der Waals surface area contributed by atoms with Gasteiger partial charge < -0.3 is 16.2 Å². The van der Waals surface area contributed by atoms with Crippen molar-refractivity contribution < 1.29 is 9.90 Å². The highest BCUT2D eigenvalue weighted by Crippen LogP contribution is 2.24. The van der Waals surface area contributed by atoms with Crippen molar-refractivity contribution in [2.75, 3.05) is 11.1 Å². The average Bonchev–Trinajstić information content (AvgIpc) is 2.41. The van der Waals surface area contributed by atoms with E-state index in [1.807, 2.05) is 6.07 Å². The fourth-order valence-electron chi connectivity index (χ4n) is 1.63. The molecule has 0 aliphatic heterocycles. The summed E-state index contributed by atoms with van der Waals surface area (Å²) in [6, 6.07) is 13.3. The van der Waals surface area contributed by atoms with E-state index in [1.165, 1.54) is 12.1 Å². The zero-order valence-corrected chi connectivity index (χ0v) is 9.92. The van der Waals surface area contributed by atoms with Gasteiger partial charge >= 0.3 is 5.97 Å². The number of aromatic carboxylic acids is 1. The van der Waals surface area contributed by atoms with E-state index in [4.69, 9.17) is 16.1 Å². The number of hydrogen-bond donors (Lipinski definition) is 3. The number of anilines is 3. The van der Waals surface area contributed by atoms with Gasteiger partial charge in [0.2, 0.25) is 0 Å². The molecule has 0 aromatic heterocycles. The van der Waals surface area contributed by atoms with Crippen molar-refractivity contribution >= 4 is 23.0 Å². The molecule has 0 bridgehead atoms. The molecular weight excluding hydrogens is 242 g/mol. The molecule has 2 aromatic rings. The predicted octanol–water partition coefficient (Wildman–Crippen LogP) is 2.58. The van der Waals surface area contributed by atoms with Crippen LogP contribution in [0.15, 0.2) is 42.5 Å². The van der Waals surface area contributed by atoms with Crippen molar-refractivity contribution in [2.24, 2.45) is 0 Å². The minimum absolute atomic E-state index is 0.192. The first kappa shape index (κ1) is 12.5. The molecule has 19 heavy (non-hydrogen) atoms. The maximum absolute atomic E-state index is 10.9. The van der Waals surface area contributed by atoms with E-state index in [9.17, 15) is 4.79 Å². The van der Waals surface area contributed by atoms with E-state index in [-0.39, 0.29) is 5.56 Å². The molecule has 5 nitrogen and oxygen atoms in total. The van der Waals surface area contributed by atoms with Gasteiger partial charge in [-0.1, -0.05) is 6.07 Å². The minimum atomic E-state index is -0.989. The Hall–Kier alpha value is -3.00. The summed E-state index contributed by atoms with van der Waals surface area (Å²) in [6.07, 6.45) is 0. The zero-order valence-electron chi connectivity index (χ0n) is 9.92. The summed E-state index contributed by atoms with van der Waals surface area (Å²) in [5.41, 5.74) is 8.16. The SMILES string of the molecule is N#Cc1ccc(Nc2cccc(C(=O)O)c2)c(N)c1. The predicted molar refractivity (Wildman–Crippen MR) is 72.3 cm³/mol. The quantitative estimate of drug-likeness (QED) is 0.730. The molecule has 2 rings (SSSR count). The molecule has 4 N–H and O–H groups in total. The van der Waals surface area contributed by atoms with Crippen LogP contribution in [0, 0.1) is 11.3 Å². The maximum Gasteiger partial charge on any atom is 0.335 e. The van der Waals surface area contributed by atoms with Crippen LogP contribution in [0.5, 0.6) is 0 Å². The second-order valence-corrected chi connectivity index (χ2v) is 3.92. The van der Waals surface area contributed by atoms with E-state index in [2.05, 4.69) is 5.32 Å². The Morgan fingerprint density at radius 2 is 2.05 bits per heavy atom. The second-order valence-electron chi connectivity index (χ2n) is 3.92. The van der Waals surface area contributed by atoms with Crippen molar-refractivity contribution in [2.45, 2.75) is 0 Å². The molecule has 0 spiro atoms. The number of carboxylic acid groups (broad SMARTS) is 1. The van der Waals surface area contributed by atoms with Crippen molar-refractivity contribution in [1.82, 2.24) is 0 Å². The summed E-state index contributed by atoms with van der Waals surface area (Å²) in [7, 11) is 0. The molecule has 0 radical (unpaired) electrons. The van der Waals surface area contributed by atoms with E-state index < -0.39 is 5.97 Å². The fourth-order valence-corrected chi connectivity index (χ4v) is 1.63. The molecule has 94 valence electrons. The highest BCUT2D eigenvalue weighted by atomic mass is 16.4. The highest BCUT2D eigenvalue weighted by molar-refractivity contribution is 5.89. The Morgan fingerprint density at radius 1 is 1.26 bits per heavy atom. The molecule has 5 heteroatoms. The number of rotatable bonds is 3. The molecule has 2 aromatic carbocycles. The largest absolute Gasteiger partial charge is 0.478 e. The normalized spacial score (nSPS) is 9.63. The Kier molecular flexibility index (Phi) is 3.35. The van der Waals surface area contributed by atoms with Crippen LogP contribution in [-0.2, 0) is 0 Å². The molecular formula is C14H11N3O2. The Labute approximate surface area is 109 Å². The number of benzene rings is 2. The Balaban J connectivity index is 2.29. The lowest BCUT2D eigenvalue weighted by Gasteiger charge is -2.10.